The Bertz CT molecular complexity index is 639. The lowest BCUT2D eigenvalue weighted by Gasteiger charge is -2.22. The van der Waals surface area contributed by atoms with Crippen molar-refractivity contribution in [3.05, 3.63) is 65.2 Å². The Hall–Kier alpha value is -1.52. The first kappa shape index (κ1) is 13.9. The summed E-state index contributed by atoms with van der Waals surface area (Å²) in [5, 5.41) is 0.634. The van der Waals surface area contributed by atoms with Gasteiger partial charge in [-0.2, -0.15) is 0 Å². The second-order valence-corrected chi connectivity index (χ2v) is 6.57. The fraction of sp³-hybridized carbons (Fsp3) is 0.143. The second kappa shape index (κ2) is 5.63. The lowest BCUT2D eigenvalue weighted by atomic mass is 10.2. The molecule has 0 amide bonds. The van der Waals surface area contributed by atoms with Crippen molar-refractivity contribution in [2.45, 2.75) is 6.54 Å². The number of benzene rings is 2. The average Bonchev–Trinajstić information content (AvgIpc) is 2.37. The smallest absolute Gasteiger partial charge is 0.232 e. The van der Waals surface area contributed by atoms with Crippen LogP contribution in [0.3, 0.4) is 0 Å². The van der Waals surface area contributed by atoms with E-state index in [1.807, 2.05) is 30.3 Å². The van der Waals surface area contributed by atoms with Crippen LogP contribution in [0.5, 0.6) is 0 Å². The minimum absolute atomic E-state index is 0.292. The van der Waals surface area contributed by atoms with Crippen molar-refractivity contribution in [2.24, 2.45) is 0 Å². The van der Waals surface area contributed by atoms with E-state index in [4.69, 9.17) is 11.6 Å². The summed E-state index contributed by atoms with van der Waals surface area (Å²) in [6.07, 6.45) is 1.20. The van der Waals surface area contributed by atoms with E-state index in [1.165, 1.54) is 10.6 Å². The minimum atomic E-state index is -3.33. The predicted octanol–water partition coefficient (Wildman–Crippen LogP) is 3.31. The normalized spacial score (nSPS) is 11.3. The molecule has 0 aromatic heterocycles. The Morgan fingerprint density at radius 1 is 1.00 bits per heavy atom. The molecule has 0 N–H and O–H groups in total. The predicted molar refractivity (Wildman–Crippen MR) is 78.9 cm³/mol. The standard InChI is InChI=1S/C14H14ClNO2S/c1-19(17,18)16(14-5-3-2-4-6-14)11-12-7-9-13(15)10-8-12/h2-10H,11H2,1H3. The molecule has 0 saturated carbocycles. The Labute approximate surface area is 118 Å². The van der Waals surface area contributed by atoms with Crippen LogP contribution < -0.4 is 4.31 Å². The molecule has 0 aliphatic carbocycles. The van der Waals surface area contributed by atoms with Crippen LogP contribution >= 0.6 is 11.6 Å². The molecule has 2 aromatic rings. The highest BCUT2D eigenvalue weighted by atomic mass is 35.5. The number of para-hydroxylation sites is 1. The van der Waals surface area contributed by atoms with E-state index in [0.29, 0.717) is 17.3 Å². The topological polar surface area (TPSA) is 37.4 Å². The van der Waals surface area contributed by atoms with E-state index in [1.54, 1.807) is 24.3 Å². The highest BCUT2D eigenvalue weighted by Gasteiger charge is 2.17. The van der Waals surface area contributed by atoms with Gasteiger partial charge in [-0.3, -0.25) is 4.31 Å². The Balaban J connectivity index is 2.33. The van der Waals surface area contributed by atoms with Crippen LogP contribution in [-0.4, -0.2) is 14.7 Å². The molecule has 0 aliphatic rings. The molecular formula is C14H14ClNO2S. The summed E-state index contributed by atoms with van der Waals surface area (Å²) < 4.78 is 25.2. The molecule has 0 aliphatic heterocycles. The van der Waals surface area contributed by atoms with Crippen molar-refractivity contribution in [1.29, 1.82) is 0 Å². The van der Waals surface area contributed by atoms with Crippen molar-refractivity contribution < 1.29 is 8.42 Å². The van der Waals surface area contributed by atoms with Gasteiger partial charge in [0.05, 0.1) is 18.5 Å². The van der Waals surface area contributed by atoms with E-state index in [0.717, 1.165) is 5.56 Å². The molecule has 3 nitrogen and oxygen atoms in total. The molecule has 19 heavy (non-hydrogen) atoms. The third-order valence-corrected chi connectivity index (χ3v) is 4.08. The van der Waals surface area contributed by atoms with Crippen molar-refractivity contribution in [3.8, 4) is 0 Å². The molecule has 0 spiro atoms. The van der Waals surface area contributed by atoms with Gasteiger partial charge in [0.15, 0.2) is 0 Å². The number of sulfonamides is 1. The van der Waals surface area contributed by atoms with Crippen LogP contribution in [-0.2, 0) is 16.6 Å². The van der Waals surface area contributed by atoms with Gasteiger partial charge in [-0.25, -0.2) is 8.42 Å². The first-order valence-corrected chi connectivity index (χ1v) is 7.96. The Kier molecular flexibility index (Phi) is 4.12. The van der Waals surface area contributed by atoms with Gasteiger partial charge in [-0.15, -0.1) is 0 Å². The third-order valence-electron chi connectivity index (χ3n) is 2.68. The molecule has 0 radical (unpaired) electrons. The fourth-order valence-corrected chi connectivity index (χ4v) is 2.76. The van der Waals surface area contributed by atoms with Crippen LogP contribution in [0.25, 0.3) is 0 Å². The van der Waals surface area contributed by atoms with Gasteiger partial charge in [-0.05, 0) is 29.8 Å². The monoisotopic (exact) mass is 295 g/mol. The summed E-state index contributed by atoms with van der Waals surface area (Å²) >= 11 is 5.82. The Morgan fingerprint density at radius 3 is 2.11 bits per heavy atom. The lowest BCUT2D eigenvalue weighted by Crippen LogP contribution is -2.29. The lowest BCUT2D eigenvalue weighted by molar-refractivity contribution is 0.596. The largest absolute Gasteiger partial charge is 0.266 e. The highest BCUT2D eigenvalue weighted by Crippen LogP contribution is 2.20. The number of rotatable bonds is 4. The summed E-state index contributed by atoms with van der Waals surface area (Å²) in [6, 6.07) is 16.2. The summed E-state index contributed by atoms with van der Waals surface area (Å²) in [6.45, 7) is 0.292. The maximum atomic E-state index is 11.9. The van der Waals surface area contributed by atoms with E-state index in [-0.39, 0.29) is 0 Å². The molecule has 0 unspecified atom stereocenters. The van der Waals surface area contributed by atoms with Crippen molar-refractivity contribution in [2.75, 3.05) is 10.6 Å². The van der Waals surface area contributed by atoms with Crippen molar-refractivity contribution in [1.82, 2.24) is 0 Å². The zero-order chi connectivity index (χ0) is 13.9. The third kappa shape index (κ3) is 3.72. The molecular weight excluding hydrogens is 282 g/mol. The van der Waals surface area contributed by atoms with Crippen LogP contribution in [0.15, 0.2) is 54.6 Å². The van der Waals surface area contributed by atoms with Gasteiger partial charge >= 0.3 is 0 Å². The minimum Gasteiger partial charge on any atom is -0.266 e. The molecule has 0 fully saturated rings. The first-order valence-electron chi connectivity index (χ1n) is 5.74. The second-order valence-electron chi connectivity index (χ2n) is 4.23. The molecule has 5 heteroatoms. The first-order chi connectivity index (χ1) is 8.97. The molecule has 2 aromatic carbocycles. The molecule has 0 bridgehead atoms. The zero-order valence-electron chi connectivity index (χ0n) is 10.5. The van der Waals surface area contributed by atoms with Gasteiger partial charge in [0.1, 0.15) is 0 Å². The molecule has 0 atom stereocenters. The molecule has 2 rings (SSSR count). The van der Waals surface area contributed by atoms with Gasteiger partial charge in [-0.1, -0.05) is 41.9 Å². The maximum absolute atomic E-state index is 11.9. The van der Waals surface area contributed by atoms with E-state index >= 15 is 0 Å². The molecule has 0 saturated heterocycles. The van der Waals surface area contributed by atoms with Crippen LogP contribution in [0.1, 0.15) is 5.56 Å². The highest BCUT2D eigenvalue weighted by molar-refractivity contribution is 7.92. The number of hydrogen-bond acceptors (Lipinski definition) is 2. The SMILES string of the molecule is CS(=O)(=O)N(Cc1ccc(Cl)cc1)c1ccccc1. The average molecular weight is 296 g/mol. The maximum Gasteiger partial charge on any atom is 0.232 e. The van der Waals surface area contributed by atoms with Gasteiger partial charge in [0.25, 0.3) is 0 Å². The van der Waals surface area contributed by atoms with E-state index < -0.39 is 10.0 Å². The quantitative estimate of drug-likeness (QED) is 0.868. The van der Waals surface area contributed by atoms with Crippen LogP contribution in [0, 0.1) is 0 Å². The summed E-state index contributed by atoms with van der Waals surface area (Å²) in [5.74, 6) is 0. The summed E-state index contributed by atoms with van der Waals surface area (Å²) in [7, 11) is -3.33. The van der Waals surface area contributed by atoms with E-state index in [9.17, 15) is 8.42 Å². The fourth-order valence-electron chi connectivity index (χ4n) is 1.75. The number of nitrogens with zero attached hydrogens (tertiary/aromatic N) is 1. The zero-order valence-corrected chi connectivity index (χ0v) is 12.0. The van der Waals surface area contributed by atoms with Crippen molar-refractivity contribution >= 4 is 27.3 Å². The number of hydrogen-bond donors (Lipinski definition) is 0. The van der Waals surface area contributed by atoms with Crippen LogP contribution in [0.2, 0.25) is 5.02 Å². The van der Waals surface area contributed by atoms with Gasteiger partial charge < -0.3 is 0 Å². The molecule has 0 heterocycles. The van der Waals surface area contributed by atoms with Gasteiger partial charge in [0, 0.05) is 5.02 Å². The number of anilines is 1. The van der Waals surface area contributed by atoms with Crippen molar-refractivity contribution in [3.63, 3.8) is 0 Å². The Morgan fingerprint density at radius 2 is 1.58 bits per heavy atom. The number of halogens is 1. The van der Waals surface area contributed by atoms with Gasteiger partial charge in [0.2, 0.25) is 10.0 Å². The van der Waals surface area contributed by atoms with Crippen LogP contribution in [0.4, 0.5) is 5.69 Å². The summed E-state index contributed by atoms with van der Waals surface area (Å²) in [4.78, 5) is 0. The summed E-state index contributed by atoms with van der Waals surface area (Å²) in [5.41, 5.74) is 1.54. The van der Waals surface area contributed by atoms with E-state index in [2.05, 4.69) is 0 Å². The molecule has 100 valence electrons.